The zero-order valence-electron chi connectivity index (χ0n) is 11.6. The van der Waals surface area contributed by atoms with Gasteiger partial charge in [-0.2, -0.15) is 0 Å². The zero-order valence-corrected chi connectivity index (χ0v) is 14.5. The number of hydrogen-bond donors (Lipinski definition) is 0. The highest BCUT2D eigenvalue weighted by atomic mass is 127. The van der Waals surface area contributed by atoms with E-state index in [0.29, 0.717) is 0 Å². The molecule has 0 aliphatic rings. The fourth-order valence-electron chi connectivity index (χ4n) is 2.42. The summed E-state index contributed by atoms with van der Waals surface area (Å²) in [4.78, 5) is 4.62. The Morgan fingerprint density at radius 1 is 1.24 bits per heavy atom. The summed E-state index contributed by atoms with van der Waals surface area (Å²) in [6, 6.07) is 10.8. The van der Waals surface area contributed by atoms with E-state index in [1.165, 1.54) is 12.1 Å². The molecule has 21 heavy (non-hydrogen) atoms. The Kier molecular flexibility index (Phi) is 3.92. The second kappa shape index (κ2) is 5.57. The Hall–Kier alpha value is -1.14. The average molecular weight is 415 g/mol. The molecule has 0 fully saturated rings. The number of hydrogen-bond acceptors (Lipinski definition) is 1. The molecule has 0 amide bonds. The Balaban J connectivity index is 2.39. The number of nitrogens with zero attached hydrogens (tertiary/aromatic N) is 2. The molecule has 2 aromatic carbocycles. The first-order chi connectivity index (χ1) is 9.97. The highest BCUT2D eigenvalue weighted by Crippen LogP contribution is 2.30. The maximum absolute atomic E-state index is 13.7. The van der Waals surface area contributed by atoms with Gasteiger partial charge < -0.3 is 0 Å². The topological polar surface area (TPSA) is 17.8 Å². The smallest absolute Gasteiger partial charge is 0.132 e. The van der Waals surface area contributed by atoms with Crippen molar-refractivity contribution in [2.45, 2.75) is 19.2 Å². The number of alkyl halides is 1. The van der Waals surface area contributed by atoms with Crippen LogP contribution in [0.4, 0.5) is 4.39 Å². The van der Waals surface area contributed by atoms with Crippen LogP contribution in [0.2, 0.25) is 0 Å². The van der Waals surface area contributed by atoms with Crippen molar-refractivity contribution in [2.75, 3.05) is 0 Å². The van der Waals surface area contributed by atoms with E-state index in [1.54, 1.807) is 6.07 Å². The van der Waals surface area contributed by atoms with Crippen molar-refractivity contribution in [3.8, 4) is 5.69 Å². The Morgan fingerprint density at radius 3 is 2.71 bits per heavy atom. The van der Waals surface area contributed by atoms with Crippen molar-refractivity contribution in [1.82, 2.24) is 9.55 Å². The van der Waals surface area contributed by atoms with Gasteiger partial charge in [0.25, 0.3) is 0 Å². The third-order valence-electron chi connectivity index (χ3n) is 3.41. The van der Waals surface area contributed by atoms with Crippen LogP contribution in [0, 0.1) is 16.3 Å². The number of aromatic nitrogens is 2. The molecule has 0 bridgehead atoms. The normalized spacial score (nSPS) is 12.8. The molecule has 0 radical (unpaired) electrons. The van der Waals surface area contributed by atoms with Crippen molar-refractivity contribution in [3.05, 3.63) is 57.2 Å². The second-order valence-corrected chi connectivity index (χ2v) is 6.89. The van der Waals surface area contributed by atoms with Gasteiger partial charge in [-0.1, -0.05) is 6.07 Å². The molecule has 1 heterocycles. The quantitative estimate of drug-likeness (QED) is 0.407. The fraction of sp³-hybridized carbons (Fsp3) is 0.188. The molecule has 3 aromatic rings. The highest BCUT2D eigenvalue weighted by molar-refractivity contribution is 14.1. The van der Waals surface area contributed by atoms with Gasteiger partial charge in [0, 0.05) is 3.57 Å². The first-order valence-corrected chi connectivity index (χ1v) is 8.07. The Morgan fingerprint density at radius 2 is 2.00 bits per heavy atom. The number of aryl methyl sites for hydroxylation is 1. The number of rotatable bonds is 2. The van der Waals surface area contributed by atoms with E-state index >= 15 is 0 Å². The lowest BCUT2D eigenvalue weighted by Gasteiger charge is -2.13. The van der Waals surface area contributed by atoms with E-state index < -0.39 is 0 Å². The lowest BCUT2D eigenvalue weighted by Crippen LogP contribution is -2.04. The van der Waals surface area contributed by atoms with Crippen molar-refractivity contribution in [3.63, 3.8) is 0 Å². The summed E-state index contributed by atoms with van der Waals surface area (Å²) in [6.07, 6.45) is 0. The molecule has 1 atom stereocenters. The molecule has 0 aliphatic carbocycles. The molecule has 5 heteroatoms. The monoisotopic (exact) mass is 414 g/mol. The summed E-state index contributed by atoms with van der Waals surface area (Å²) in [5.41, 5.74) is 3.56. The third kappa shape index (κ3) is 2.66. The standard InChI is InChI=1S/C16H13ClFIN2/c1-9-3-4-11(18)7-15(9)21-14-6-5-12(19)8-13(14)20-16(21)10(2)17/h3-8,10H,1-2H3. The van der Waals surface area contributed by atoms with Gasteiger partial charge in [-0.05, 0) is 72.3 Å². The van der Waals surface area contributed by atoms with Crippen LogP contribution in [0.3, 0.4) is 0 Å². The van der Waals surface area contributed by atoms with Gasteiger partial charge in [-0.15, -0.1) is 11.6 Å². The van der Waals surface area contributed by atoms with Gasteiger partial charge in [-0.25, -0.2) is 9.37 Å². The molecule has 1 aromatic heterocycles. The van der Waals surface area contributed by atoms with Crippen LogP contribution < -0.4 is 0 Å². The van der Waals surface area contributed by atoms with Crippen molar-refractivity contribution < 1.29 is 4.39 Å². The number of fused-ring (bicyclic) bond motifs is 1. The largest absolute Gasteiger partial charge is 0.295 e. The second-order valence-electron chi connectivity index (χ2n) is 4.99. The summed E-state index contributed by atoms with van der Waals surface area (Å²) < 4.78 is 16.7. The highest BCUT2D eigenvalue weighted by Gasteiger charge is 2.18. The van der Waals surface area contributed by atoms with Gasteiger partial charge in [0.2, 0.25) is 0 Å². The predicted octanol–water partition coefficient (Wildman–Crippen LogP) is 5.38. The third-order valence-corrected chi connectivity index (χ3v) is 4.28. The van der Waals surface area contributed by atoms with E-state index in [2.05, 4.69) is 27.6 Å². The fourth-order valence-corrected chi connectivity index (χ4v) is 3.04. The summed E-state index contributed by atoms with van der Waals surface area (Å²) in [5.74, 6) is 0.457. The summed E-state index contributed by atoms with van der Waals surface area (Å²) in [6.45, 7) is 3.83. The molecular weight excluding hydrogens is 402 g/mol. The van der Waals surface area contributed by atoms with E-state index in [0.717, 1.165) is 31.7 Å². The minimum atomic E-state index is -0.267. The van der Waals surface area contributed by atoms with Crippen LogP contribution >= 0.6 is 34.2 Å². The Labute approximate surface area is 141 Å². The van der Waals surface area contributed by atoms with Gasteiger partial charge in [0.1, 0.15) is 11.6 Å². The Bertz CT molecular complexity index is 827. The molecule has 0 spiro atoms. The number of imidazole rings is 1. The van der Waals surface area contributed by atoms with Crippen LogP contribution in [0.5, 0.6) is 0 Å². The van der Waals surface area contributed by atoms with Crippen LogP contribution in [-0.4, -0.2) is 9.55 Å². The van der Waals surface area contributed by atoms with E-state index in [9.17, 15) is 4.39 Å². The summed E-state index contributed by atoms with van der Waals surface area (Å²) in [5, 5.41) is -0.266. The van der Waals surface area contributed by atoms with Crippen LogP contribution in [0.15, 0.2) is 36.4 Å². The van der Waals surface area contributed by atoms with Gasteiger partial charge in [0.05, 0.1) is 22.1 Å². The average Bonchev–Trinajstić information content (AvgIpc) is 2.80. The number of halogens is 3. The predicted molar refractivity (Wildman–Crippen MR) is 92.8 cm³/mol. The van der Waals surface area contributed by atoms with E-state index in [-0.39, 0.29) is 11.2 Å². The van der Waals surface area contributed by atoms with Gasteiger partial charge >= 0.3 is 0 Å². The molecule has 0 saturated carbocycles. The van der Waals surface area contributed by atoms with Crippen molar-refractivity contribution in [2.24, 2.45) is 0 Å². The number of benzene rings is 2. The molecule has 0 N–H and O–H groups in total. The first-order valence-electron chi connectivity index (χ1n) is 6.56. The van der Waals surface area contributed by atoms with Gasteiger partial charge in [-0.3, -0.25) is 4.57 Å². The maximum atomic E-state index is 13.7. The lowest BCUT2D eigenvalue weighted by molar-refractivity contribution is 0.625. The zero-order chi connectivity index (χ0) is 15.1. The summed E-state index contributed by atoms with van der Waals surface area (Å²) >= 11 is 8.53. The maximum Gasteiger partial charge on any atom is 0.132 e. The first kappa shape index (κ1) is 14.8. The van der Waals surface area contributed by atoms with Crippen molar-refractivity contribution in [1.29, 1.82) is 0 Å². The molecule has 0 saturated heterocycles. The molecular formula is C16H13ClFIN2. The van der Waals surface area contributed by atoms with Crippen LogP contribution in [0.25, 0.3) is 16.7 Å². The van der Waals surface area contributed by atoms with E-state index in [4.69, 9.17) is 11.6 Å². The molecule has 108 valence electrons. The van der Waals surface area contributed by atoms with Gasteiger partial charge in [0.15, 0.2) is 0 Å². The lowest BCUT2D eigenvalue weighted by atomic mass is 10.2. The van der Waals surface area contributed by atoms with Crippen LogP contribution in [-0.2, 0) is 0 Å². The van der Waals surface area contributed by atoms with Crippen LogP contribution in [0.1, 0.15) is 23.7 Å². The molecule has 3 rings (SSSR count). The van der Waals surface area contributed by atoms with Crippen molar-refractivity contribution >= 4 is 45.2 Å². The molecule has 0 aliphatic heterocycles. The summed E-state index contributed by atoms with van der Waals surface area (Å²) in [7, 11) is 0. The van der Waals surface area contributed by atoms with E-state index in [1.807, 2.05) is 36.6 Å². The molecule has 2 nitrogen and oxygen atoms in total. The molecule has 1 unspecified atom stereocenters. The SMILES string of the molecule is Cc1ccc(F)cc1-n1c(C(C)Cl)nc2cc(I)ccc21. The minimum Gasteiger partial charge on any atom is -0.295 e. The minimum absolute atomic E-state index is 0.266.